The first kappa shape index (κ1) is 17.0. The van der Waals surface area contributed by atoms with Crippen LogP contribution in [-0.2, 0) is 9.53 Å². The zero-order valence-corrected chi connectivity index (χ0v) is 13.9. The van der Waals surface area contributed by atoms with Crippen LogP contribution in [0.3, 0.4) is 0 Å². The third-order valence-corrected chi connectivity index (χ3v) is 3.85. The van der Waals surface area contributed by atoms with E-state index in [0.29, 0.717) is 21.9 Å². The number of carbonyl (C=O) groups is 2. The molecule has 1 amide bonds. The van der Waals surface area contributed by atoms with Crippen LogP contribution in [0.15, 0.2) is 42.0 Å². The van der Waals surface area contributed by atoms with Gasteiger partial charge < -0.3 is 14.8 Å². The first-order valence-corrected chi connectivity index (χ1v) is 7.68. The maximum atomic E-state index is 13.9. The molecule has 5 nitrogen and oxygen atoms in total. The van der Waals surface area contributed by atoms with Crippen molar-refractivity contribution >= 4 is 35.2 Å². The largest absolute Gasteiger partial charge is 0.488 e. The summed E-state index contributed by atoms with van der Waals surface area (Å²) in [5.41, 5.74) is 0.973. The second-order valence-corrected chi connectivity index (χ2v) is 5.72. The number of halogens is 2. The van der Waals surface area contributed by atoms with Crippen LogP contribution in [0.25, 0.3) is 6.08 Å². The number of amides is 1. The maximum Gasteiger partial charge on any atom is 0.337 e. The van der Waals surface area contributed by atoms with E-state index in [1.165, 1.54) is 19.2 Å². The summed E-state index contributed by atoms with van der Waals surface area (Å²) >= 11 is 5.94. The number of benzene rings is 2. The average Bonchev–Trinajstić information content (AvgIpc) is 2.62. The number of hydrogen-bond donors (Lipinski definition) is 1. The molecule has 0 fully saturated rings. The smallest absolute Gasteiger partial charge is 0.337 e. The van der Waals surface area contributed by atoms with Crippen LogP contribution in [0, 0.1) is 5.82 Å². The highest BCUT2D eigenvalue weighted by Gasteiger charge is 2.19. The SMILES string of the molecule is COC(=O)c1ccc(F)c(NC(=O)C2=Cc3cc(Cl)ccc3OC2)c1. The lowest BCUT2D eigenvalue weighted by molar-refractivity contribution is -0.113. The normalized spacial score (nSPS) is 12.5. The van der Waals surface area contributed by atoms with Gasteiger partial charge in [0.25, 0.3) is 5.91 Å². The molecular formula is C18H13ClFNO4. The number of nitrogens with one attached hydrogen (secondary N) is 1. The van der Waals surface area contributed by atoms with Crippen LogP contribution in [0.2, 0.25) is 5.02 Å². The Morgan fingerprint density at radius 1 is 1.24 bits per heavy atom. The molecule has 0 bridgehead atoms. The highest BCUT2D eigenvalue weighted by atomic mass is 35.5. The molecule has 1 heterocycles. The van der Waals surface area contributed by atoms with Crippen molar-refractivity contribution in [1.82, 2.24) is 0 Å². The van der Waals surface area contributed by atoms with E-state index in [9.17, 15) is 14.0 Å². The molecule has 3 rings (SSSR count). The van der Waals surface area contributed by atoms with Crippen LogP contribution >= 0.6 is 11.6 Å². The Balaban J connectivity index is 1.84. The number of carbonyl (C=O) groups excluding carboxylic acids is 2. The average molecular weight is 362 g/mol. The van der Waals surface area contributed by atoms with Crippen LogP contribution < -0.4 is 10.1 Å². The Kier molecular flexibility index (Phi) is 4.72. The number of hydrogen-bond acceptors (Lipinski definition) is 4. The molecule has 0 saturated heterocycles. The van der Waals surface area contributed by atoms with Gasteiger partial charge in [0.1, 0.15) is 18.2 Å². The highest BCUT2D eigenvalue weighted by molar-refractivity contribution is 6.30. The van der Waals surface area contributed by atoms with Crippen molar-refractivity contribution in [3.05, 3.63) is 63.9 Å². The lowest BCUT2D eigenvalue weighted by atomic mass is 10.1. The van der Waals surface area contributed by atoms with E-state index in [2.05, 4.69) is 10.1 Å². The molecule has 2 aromatic rings. The zero-order chi connectivity index (χ0) is 18.0. The third-order valence-electron chi connectivity index (χ3n) is 3.61. The maximum absolute atomic E-state index is 13.9. The van der Waals surface area contributed by atoms with Gasteiger partial charge in [-0.15, -0.1) is 0 Å². The van der Waals surface area contributed by atoms with Gasteiger partial charge in [0.2, 0.25) is 0 Å². The van der Waals surface area contributed by atoms with Crippen molar-refractivity contribution in [1.29, 1.82) is 0 Å². The molecule has 25 heavy (non-hydrogen) atoms. The fourth-order valence-electron chi connectivity index (χ4n) is 2.35. The predicted octanol–water partition coefficient (Wildman–Crippen LogP) is 3.68. The molecule has 0 unspecified atom stereocenters. The summed E-state index contributed by atoms with van der Waals surface area (Å²) in [5, 5.41) is 2.95. The first-order chi connectivity index (χ1) is 12.0. The van der Waals surface area contributed by atoms with Crippen LogP contribution in [0.4, 0.5) is 10.1 Å². The Morgan fingerprint density at radius 3 is 2.80 bits per heavy atom. The standard InChI is InChI=1S/C18H13ClFNO4/c1-24-18(23)10-2-4-14(20)15(8-10)21-17(22)12-6-11-7-13(19)3-5-16(11)25-9-12/h2-8H,9H2,1H3,(H,21,22). The molecule has 0 aromatic heterocycles. The molecule has 1 N–H and O–H groups in total. The van der Waals surface area contributed by atoms with Crippen molar-refractivity contribution in [2.24, 2.45) is 0 Å². The van der Waals surface area contributed by atoms with E-state index in [1.807, 2.05) is 0 Å². The van der Waals surface area contributed by atoms with Crippen LogP contribution in [0.5, 0.6) is 5.75 Å². The molecule has 1 aliphatic rings. The molecule has 0 atom stereocenters. The summed E-state index contributed by atoms with van der Waals surface area (Å²) in [7, 11) is 1.22. The minimum Gasteiger partial charge on any atom is -0.488 e. The fourth-order valence-corrected chi connectivity index (χ4v) is 2.53. The van der Waals surface area contributed by atoms with E-state index in [4.69, 9.17) is 16.3 Å². The Morgan fingerprint density at radius 2 is 2.04 bits per heavy atom. The van der Waals surface area contributed by atoms with Gasteiger partial charge in [-0.1, -0.05) is 11.6 Å². The summed E-state index contributed by atoms with van der Waals surface area (Å²) in [4.78, 5) is 23.9. The molecule has 2 aromatic carbocycles. The second kappa shape index (κ2) is 6.94. The van der Waals surface area contributed by atoms with Gasteiger partial charge in [0.05, 0.1) is 23.9 Å². The fraction of sp³-hybridized carbons (Fsp3) is 0.111. The number of methoxy groups -OCH3 is 1. The summed E-state index contributed by atoms with van der Waals surface area (Å²) in [5.74, 6) is -1.22. The number of rotatable bonds is 3. The molecule has 128 valence electrons. The van der Waals surface area contributed by atoms with E-state index < -0.39 is 17.7 Å². The number of esters is 1. The van der Waals surface area contributed by atoms with Crippen molar-refractivity contribution in [3.8, 4) is 5.75 Å². The summed E-state index contributed by atoms with van der Waals surface area (Å²) < 4.78 is 24.0. The molecule has 1 aliphatic heterocycles. The van der Waals surface area contributed by atoms with Crippen LogP contribution in [0.1, 0.15) is 15.9 Å². The van der Waals surface area contributed by atoms with Gasteiger partial charge in [-0.25, -0.2) is 9.18 Å². The third kappa shape index (κ3) is 3.64. The van der Waals surface area contributed by atoms with Crippen LogP contribution in [-0.4, -0.2) is 25.6 Å². The molecule has 7 heteroatoms. The lowest BCUT2D eigenvalue weighted by Crippen LogP contribution is -2.22. The molecular weight excluding hydrogens is 349 g/mol. The Labute approximate surface area is 148 Å². The minimum atomic E-state index is -0.665. The number of ether oxygens (including phenoxy) is 2. The monoisotopic (exact) mass is 361 g/mol. The zero-order valence-electron chi connectivity index (χ0n) is 13.1. The molecule has 0 saturated carbocycles. The van der Waals surface area contributed by atoms with Crippen molar-refractivity contribution < 1.29 is 23.5 Å². The topological polar surface area (TPSA) is 64.6 Å². The van der Waals surface area contributed by atoms with E-state index in [-0.39, 0.29) is 17.9 Å². The van der Waals surface area contributed by atoms with Crippen molar-refractivity contribution in [2.45, 2.75) is 0 Å². The quantitative estimate of drug-likeness (QED) is 0.847. The van der Waals surface area contributed by atoms with Gasteiger partial charge in [0, 0.05) is 10.6 Å². The van der Waals surface area contributed by atoms with Gasteiger partial charge >= 0.3 is 5.97 Å². The predicted molar refractivity (Wildman–Crippen MR) is 91.3 cm³/mol. The van der Waals surface area contributed by atoms with Gasteiger partial charge in [-0.05, 0) is 42.5 Å². The lowest BCUT2D eigenvalue weighted by Gasteiger charge is -2.18. The molecule has 0 aliphatic carbocycles. The minimum absolute atomic E-state index is 0.0405. The van der Waals surface area contributed by atoms with Crippen molar-refractivity contribution in [3.63, 3.8) is 0 Å². The summed E-state index contributed by atoms with van der Waals surface area (Å²) in [6.45, 7) is 0.0405. The first-order valence-electron chi connectivity index (χ1n) is 7.30. The summed E-state index contributed by atoms with van der Waals surface area (Å²) in [6.07, 6.45) is 1.63. The number of fused-ring (bicyclic) bond motifs is 1. The Bertz CT molecular complexity index is 895. The Hall–Kier alpha value is -2.86. The number of anilines is 1. The highest BCUT2D eigenvalue weighted by Crippen LogP contribution is 2.29. The second-order valence-electron chi connectivity index (χ2n) is 5.28. The van der Waals surface area contributed by atoms with E-state index >= 15 is 0 Å². The van der Waals surface area contributed by atoms with E-state index in [1.54, 1.807) is 24.3 Å². The summed E-state index contributed by atoms with van der Waals surface area (Å²) in [6, 6.07) is 8.64. The molecule has 0 radical (unpaired) electrons. The van der Waals surface area contributed by atoms with Gasteiger partial charge in [-0.2, -0.15) is 0 Å². The van der Waals surface area contributed by atoms with Crippen molar-refractivity contribution in [2.75, 3.05) is 19.0 Å². The van der Waals surface area contributed by atoms with Gasteiger partial charge in [-0.3, -0.25) is 4.79 Å². The molecule has 0 spiro atoms. The van der Waals surface area contributed by atoms with E-state index in [0.717, 1.165) is 6.07 Å². The van der Waals surface area contributed by atoms with Gasteiger partial charge in [0.15, 0.2) is 0 Å².